The first-order valence-corrected chi connectivity index (χ1v) is 8.54. The van der Waals surface area contributed by atoms with Gasteiger partial charge in [0, 0.05) is 12.6 Å². The molecule has 1 aromatic rings. The minimum absolute atomic E-state index is 0.0199. The second-order valence-corrected chi connectivity index (χ2v) is 8.10. The van der Waals surface area contributed by atoms with Crippen LogP contribution in [0.2, 0.25) is 0 Å². The Kier molecular flexibility index (Phi) is 6.17. The number of benzene rings is 1. The first-order valence-electron chi connectivity index (χ1n) is 6.89. The van der Waals surface area contributed by atoms with Crippen LogP contribution >= 0.6 is 0 Å². The van der Waals surface area contributed by atoms with E-state index in [9.17, 15) is 8.42 Å². The third-order valence-electron chi connectivity index (χ3n) is 3.06. The molecule has 0 aliphatic carbocycles. The molecule has 0 aliphatic rings. The molecule has 4 nitrogen and oxygen atoms in total. The molecule has 2 N–H and O–H groups in total. The van der Waals surface area contributed by atoms with E-state index in [2.05, 4.69) is 4.72 Å². The fourth-order valence-corrected chi connectivity index (χ4v) is 3.51. The van der Waals surface area contributed by atoms with E-state index >= 15 is 0 Å². The Balaban J connectivity index is 2.75. The van der Waals surface area contributed by atoms with E-state index in [1.54, 1.807) is 0 Å². The van der Waals surface area contributed by atoms with Gasteiger partial charge < -0.3 is 5.11 Å². The highest BCUT2D eigenvalue weighted by Gasteiger charge is 2.21. The van der Waals surface area contributed by atoms with Crippen LogP contribution in [0.15, 0.2) is 30.3 Å². The molecule has 0 radical (unpaired) electrons. The molecular formula is C15H25NO3S. The highest BCUT2D eigenvalue weighted by atomic mass is 32.2. The van der Waals surface area contributed by atoms with Crippen molar-refractivity contribution < 1.29 is 13.5 Å². The van der Waals surface area contributed by atoms with Crippen molar-refractivity contribution in [1.29, 1.82) is 0 Å². The molecule has 0 saturated heterocycles. The van der Waals surface area contributed by atoms with Gasteiger partial charge in [0.1, 0.15) is 0 Å². The third kappa shape index (κ3) is 6.50. The van der Waals surface area contributed by atoms with Crippen LogP contribution in [0, 0.1) is 5.41 Å². The summed E-state index contributed by atoms with van der Waals surface area (Å²) < 4.78 is 27.0. The summed E-state index contributed by atoms with van der Waals surface area (Å²) in [5.74, 6) is 0.102. The zero-order valence-corrected chi connectivity index (χ0v) is 13.3. The summed E-state index contributed by atoms with van der Waals surface area (Å²) in [6.45, 7) is 6.00. The number of hydrogen-bond acceptors (Lipinski definition) is 3. The second kappa shape index (κ2) is 7.20. The molecule has 0 spiro atoms. The maximum absolute atomic E-state index is 12.1. The first-order chi connectivity index (χ1) is 9.23. The lowest BCUT2D eigenvalue weighted by Gasteiger charge is -2.21. The number of nitrogens with one attached hydrogen (secondary N) is 1. The van der Waals surface area contributed by atoms with Crippen molar-refractivity contribution in [3.05, 3.63) is 35.9 Å². The number of hydrogen-bond donors (Lipinski definition) is 2. The smallest absolute Gasteiger partial charge is 0.212 e. The minimum Gasteiger partial charge on any atom is -0.396 e. The van der Waals surface area contributed by atoms with Crippen molar-refractivity contribution in [2.45, 2.75) is 39.7 Å². The number of aliphatic hydroxyl groups excluding tert-OH is 1. The Hall–Kier alpha value is -0.910. The number of aliphatic hydroxyl groups is 1. The highest BCUT2D eigenvalue weighted by molar-refractivity contribution is 7.89. The predicted molar refractivity (Wildman–Crippen MR) is 81.9 cm³/mol. The maximum Gasteiger partial charge on any atom is 0.212 e. The van der Waals surface area contributed by atoms with Crippen molar-refractivity contribution in [3.8, 4) is 0 Å². The van der Waals surface area contributed by atoms with Gasteiger partial charge in [0.15, 0.2) is 0 Å². The quantitative estimate of drug-likeness (QED) is 0.813. The molecule has 0 saturated carbocycles. The van der Waals surface area contributed by atoms with Gasteiger partial charge in [0.25, 0.3) is 0 Å². The lowest BCUT2D eigenvalue weighted by molar-refractivity contribution is 0.272. The minimum atomic E-state index is -3.35. The topological polar surface area (TPSA) is 66.4 Å². The van der Waals surface area contributed by atoms with Crippen LogP contribution < -0.4 is 4.72 Å². The Bertz CT molecular complexity index is 492. The van der Waals surface area contributed by atoms with Crippen LogP contribution in [0.4, 0.5) is 0 Å². The van der Waals surface area contributed by atoms with Gasteiger partial charge in [-0.15, -0.1) is 0 Å². The summed E-state index contributed by atoms with van der Waals surface area (Å²) in [6, 6.07) is 8.98. The van der Waals surface area contributed by atoms with Crippen LogP contribution in [-0.2, 0) is 10.0 Å². The van der Waals surface area contributed by atoms with Crippen molar-refractivity contribution >= 4 is 10.0 Å². The molecule has 0 unspecified atom stereocenters. The van der Waals surface area contributed by atoms with Gasteiger partial charge in [-0.25, -0.2) is 13.1 Å². The van der Waals surface area contributed by atoms with Gasteiger partial charge in [-0.1, -0.05) is 51.1 Å². The number of rotatable bonds is 7. The Labute approximate surface area is 122 Å². The molecule has 114 valence electrons. The van der Waals surface area contributed by atoms with E-state index in [-0.39, 0.29) is 23.8 Å². The molecule has 0 amide bonds. The van der Waals surface area contributed by atoms with Crippen molar-refractivity contribution in [2.75, 3.05) is 12.4 Å². The summed E-state index contributed by atoms with van der Waals surface area (Å²) in [5, 5.41) is 9.12. The fraction of sp³-hybridized carbons (Fsp3) is 0.600. The van der Waals surface area contributed by atoms with Gasteiger partial charge in [-0.2, -0.15) is 0 Å². The van der Waals surface area contributed by atoms with E-state index in [4.69, 9.17) is 5.11 Å². The lowest BCUT2D eigenvalue weighted by Crippen LogP contribution is -2.32. The van der Waals surface area contributed by atoms with Gasteiger partial charge in [0.2, 0.25) is 10.0 Å². The van der Waals surface area contributed by atoms with E-state index in [1.165, 1.54) is 0 Å². The third-order valence-corrected chi connectivity index (χ3v) is 4.45. The summed E-state index contributed by atoms with van der Waals surface area (Å²) in [7, 11) is -3.35. The largest absolute Gasteiger partial charge is 0.396 e. The number of sulfonamides is 1. The molecular weight excluding hydrogens is 274 g/mol. The van der Waals surface area contributed by atoms with Crippen LogP contribution in [0.25, 0.3) is 0 Å². The predicted octanol–water partition coefficient (Wildman–Crippen LogP) is 2.47. The molecule has 5 heteroatoms. The zero-order chi connectivity index (χ0) is 15.2. The lowest BCUT2D eigenvalue weighted by atomic mass is 9.94. The van der Waals surface area contributed by atoms with E-state index in [0.717, 1.165) is 5.56 Å². The zero-order valence-electron chi connectivity index (χ0n) is 12.5. The van der Waals surface area contributed by atoms with Crippen LogP contribution in [0.3, 0.4) is 0 Å². The molecule has 1 aromatic carbocycles. The molecule has 1 atom stereocenters. The van der Waals surface area contributed by atoms with E-state index in [0.29, 0.717) is 12.8 Å². The van der Waals surface area contributed by atoms with Crippen molar-refractivity contribution in [3.63, 3.8) is 0 Å². The van der Waals surface area contributed by atoms with Gasteiger partial charge in [-0.3, -0.25) is 0 Å². The summed E-state index contributed by atoms with van der Waals surface area (Å²) >= 11 is 0. The first kappa shape index (κ1) is 17.1. The monoisotopic (exact) mass is 299 g/mol. The second-order valence-electron chi connectivity index (χ2n) is 6.22. The van der Waals surface area contributed by atoms with Gasteiger partial charge in [0.05, 0.1) is 5.75 Å². The summed E-state index contributed by atoms with van der Waals surface area (Å²) in [4.78, 5) is 0. The molecule has 0 heterocycles. The normalized spacial score (nSPS) is 14.2. The Morgan fingerprint density at radius 3 is 2.30 bits per heavy atom. The van der Waals surface area contributed by atoms with Gasteiger partial charge >= 0.3 is 0 Å². The molecule has 0 aromatic heterocycles. The highest BCUT2D eigenvalue weighted by Crippen LogP contribution is 2.21. The summed E-state index contributed by atoms with van der Waals surface area (Å²) in [5.41, 5.74) is 0.856. The molecule has 0 fully saturated rings. The maximum atomic E-state index is 12.1. The molecule has 0 bridgehead atoms. The average Bonchev–Trinajstić information content (AvgIpc) is 2.36. The molecule has 20 heavy (non-hydrogen) atoms. The molecule has 1 rings (SSSR count). The van der Waals surface area contributed by atoms with Crippen molar-refractivity contribution in [2.24, 2.45) is 5.41 Å². The van der Waals surface area contributed by atoms with Crippen molar-refractivity contribution in [1.82, 2.24) is 4.72 Å². The van der Waals surface area contributed by atoms with Crippen LogP contribution in [-0.4, -0.2) is 25.9 Å². The Morgan fingerprint density at radius 2 is 1.80 bits per heavy atom. The summed E-state index contributed by atoms with van der Waals surface area (Å²) in [6.07, 6.45) is 0.974. The molecule has 0 aliphatic heterocycles. The van der Waals surface area contributed by atoms with Crippen LogP contribution in [0.1, 0.15) is 45.2 Å². The average molecular weight is 299 g/mol. The van der Waals surface area contributed by atoms with Crippen LogP contribution in [0.5, 0.6) is 0 Å². The van der Waals surface area contributed by atoms with Gasteiger partial charge in [-0.05, 0) is 23.8 Å². The SMILES string of the molecule is CC(C)(C)CCS(=O)(=O)N[C@H](CCO)c1ccccc1. The van der Waals surface area contributed by atoms with E-state index in [1.807, 2.05) is 51.1 Å². The standard InChI is InChI=1S/C15H25NO3S/c1-15(2,3)10-12-20(18,19)16-14(9-11-17)13-7-5-4-6-8-13/h4-8,14,16-17H,9-12H2,1-3H3/t14-/m1/s1. The van der Waals surface area contributed by atoms with E-state index < -0.39 is 10.0 Å². The fourth-order valence-electron chi connectivity index (χ4n) is 1.82. The Morgan fingerprint density at radius 1 is 1.20 bits per heavy atom.